The van der Waals surface area contributed by atoms with E-state index in [1.807, 2.05) is 13.8 Å². The van der Waals surface area contributed by atoms with Crippen molar-refractivity contribution in [2.24, 2.45) is 0 Å². The van der Waals surface area contributed by atoms with Gasteiger partial charge < -0.3 is 10.6 Å². The van der Waals surface area contributed by atoms with Crippen molar-refractivity contribution in [1.82, 2.24) is 20.2 Å². The molecule has 18 heavy (non-hydrogen) atoms. The zero-order chi connectivity index (χ0) is 13.0. The normalized spacial score (nSPS) is 15.6. The largest absolute Gasteiger partial charge is 0.347 e. The lowest BCUT2D eigenvalue weighted by molar-refractivity contribution is 0.0959. The number of nitrogens with one attached hydrogen (secondary N) is 2. The second-order valence-electron chi connectivity index (χ2n) is 4.64. The predicted octanol–water partition coefficient (Wildman–Crippen LogP) is 1.31. The maximum absolute atomic E-state index is 12.1. The Balaban J connectivity index is 1.95. The zero-order valence-corrected chi connectivity index (χ0v) is 11.5. The van der Waals surface area contributed by atoms with Gasteiger partial charge in [-0.2, -0.15) is 0 Å². The molecule has 0 aliphatic carbocycles. The fourth-order valence-electron chi connectivity index (χ4n) is 1.84. The van der Waals surface area contributed by atoms with E-state index in [9.17, 15) is 4.79 Å². The molecule has 2 heterocycles. The molecule has 0 radical (unpaired) electrons. The highest BCUT2D eigenvalue weighted by Gasteiger charge is 2.18. The second kappa shape index (κ2) is 6.06. The number of carbonyl (C=O) groups excluding carboxylic acids is 1. The molecule has 0 aromatic carbocycles. The van der Waals surface area contributed by atoms with Gasteiger partial charge >= 0.3 is 0 Å². The molecule has 2 N–H and O–H groups in total. The van der Waals surface area contributed by atoms with Crippen molar-refractivity contribution in [3.63, 3.8) is 0 Å². The quantitative estimate of drug-likeness (QED) is 0.806. The lowest BCUT2D eigenvalue weighted by atomic mass is 10.1. The Morgan fingerprint density at radius 2 is 2.44 bits per heavy atom. The molecule has 1 aliphatic rings. The minimum absolute atomic E-state index is 0.0619. The Morgan fingerprint density at radius 3 is 3.11 bits per heavy atom. The van der Waals surface area contributed by atoms with E-state index in [2.05, 4.69) is 26.3 Å². The van der Waals surface area contributed by atoms with Gasteiger partial charge in [0.15, 0.2) is 0 Å². The number of nitrogens with zero attached hydrogens (tertiary/aromatic N) is 2. The second-order valence-corrected chi connectivity index (χ2v) is 5.40. The van der Waals surface area contributed by atoms with Crippen molar-refractivity contribution in [3.8, 4) is 0 Å². The topological polar surface area (TPSA) is 66.9 Å². The molecule has 1 aliphatic heterocycles. The number of amides is 1. The highest BCUT2D eigenvalue weighted by Crippen LogP contribution is 2.19. The van der Waals surface area contributed by atoms with Gasteiger partial charge in [0.25, 0.3) is 5.91 Å². The third kappa shape index (κ3) is 3.14. The molecule has 0 atom stereocenters. The van der Waals surface area contributed by atoms with Crippen LogP contribution in [0.4, 0.5) is 0 Å². The average Bonchev–Trinajstić information content (AvgIpc) is 2.86. The SMILES string of the molecule is CC(C)c1nnsc1C(=O)NCC1=CCNCC1. The molecule has 1 aromatic heterocycles. The molecular formula is C12H18N4OS. The van der Waals surface area contributed by atoms with Gasteiger partial charge in [0.2, 0.25) is 0 Å². The van der Waals surface area contributed by atoms with Crippen molar-refractivity contribution >= 4 is 17.4 Å². The first kappa shape index (κ1) is 13.2. The van der Waals surface area contributed by atoms with Crippen LogP contribution < -0.4 is 10.6 Å². The molecule has 0 fully saturated rings. The molecule has 98 valence electrons. The van der Waals surface area contributed by atoms with E-state index in [0.29, 0.717) is 11.4 Å². The number of aromatic nitrogens is 2. The molecule has 5 nitrogen and oxygen atoms in total. The van der Waals surface area contributed by atoms with Crippen LogP contribution in [-0.2, 0) is 0 Å². The first-order valence-electron chi connectivity index (χ1n) is 6.17. The third-order valence-electron chi connectivity index (χ3n) is 2.90. The van der Waals surface area contributed by atoms with Crippen molar-refractivity contribution in [3.05, 3.63) is 22.2 Å². The van der Waals surface area contributed by atoms with Crippen LogP contribution in [0.15, 0.2) is 11.6 Å². The Morgan fingerprint density at radius 1 is 1.61 bits per heavy atom. The summed E-state index contributed by atoms with van der Waals surface area (Å²) in [5.74, 6) is 0.163. The van der Waals surface area contributed by atoms with E-state index in [0.717, 1.165) is 25.2 Å². The Hall–Kier alpha value is -1.27. The van der Waals surface area contributed by atoms with E-state index in [1.54, 1.807) is 0 Å². The van der Waals surface area contributed by atoms with Crippen LogP contribution >= 0.6 is 11.5 Å². The standard InChI is InChI=1S/C12H18N4OS/c1-8(2)10-11(18-16-15-10)12(17)14-7-9-3-5-13-6-4-9/h3,8,13H,4-7H2,1-2H3,(H,14,17). The lowest BCUT2D eigenvalue weighted by Crippen LogP contribution is -2.29. The monoisotopic (exact) mass is 266 g/mol. The fourth-order valence-corrected chi connectivity index (χ4v) is 2.57. The predicted molar refractivity (Wildman–Crippen MR) is 71.9 cm³/mol. The highest BCUT2D eigenvalue weighted by molar-refractivity contribution is 7.08. The van der Waals surface area contributed by atoms with Crippen LogP contribution in [0.3, 0.4) is 0 Å². The van der Waals surface area contributed by atoms with Crippen LogP contribution in [0.1, 0.15) is 41.6 Å². The van der Waals surface area contributed by atoms with Crippen molar-refractivity contribution in [1.29, 1.82) is 0 Å². The zero-order valence-electron chi connectivity index (χ0n) is 10.7. The highest BCUT2D eigenvalue weighted by atomic mass is 32.1. The molecular weight excluding hydrogens is 248 g/mol. The van der Waals surface area contributed by atoms with Gasteiger partial charge in [0.1, 0.15) is 4.88 Å². The molecule has 0 unspecified atom stereocenters. The average molecular weight is 266 g/mol. The minimum Gasteiger partial charge on any atom is -0.347 e. The summed E-state index contributed by atoms with van der Waals surface area (Å²) in [7, 11) is 0. The third-order valence-corrected chi connectivity index (χ3v) is 3.64. The van der Waals surface area contributed by atoms with Crippen LogP contribution in [0.2, 0.25) is 0 Å². The van der Waals surface area contributed by atoms with E-state index in [1.165, 1.54) is 17.1 Å². The Labute approximate surface area is 111 Å². The van der Waals surface area contributed by atoms with Crippen LogP contribution in [0.5, 0.6) is 0 Å². The minimum atomic E-state index is -0.0619. The van der Waals surface area contributed by atoms with Gasteiger partial charge in [-0.25, -0.2) is 0 Å². The Kier molecular flexibility index (Phi) is 4.43. The summed E-state index contributed by atoms with van der Waals surface area (Å²) in [6.07, 6.45) is 3.14. The van der Waals surface area contributed by atoms with Gasteiger partial charge in [-0.3, -0.25) is 4.79 Å². The smallest absolute Gasteiger partial charge is 0.265 e. The Bertz CT molecular complexity index is 453. The summed E-state index contributed by atoms with van der Waals surface area (Å²) < 4.78 is 3.87. The molecule has 0 bridgehead atoms. The number of hydrogen-bond acceptors (Lipinski definition) is 5. The molecule has 1 amide bonds. The van der Waals surface area contributed by atoms with E-state index in [4.69, 9.17) is 0 Å². The van der Waals surface area contributed by atoms with Crippen LogP contribution in [0.25, 0.3) is 0 Å². The summed E-state index contributed by atoms with van der Waals surface area (Å²) in [6, 6.07) is 0. The number of carbonyl (C=O) groups is 1. The summed E-state index contributed by atoms with van der Waals surface area (Å²) in [5, 5.41) is 10.2. The maximum atomic E-state index is 12.1. The van der Waals surface area contributed by atoms with Gasteiger partial charge in [-0.15, -0.1) is 5.10 Å². The van der Waals surface area contributed by atoms with Gasteiger partial charge in [-0.1, -0.05) is 30.0 Å². The first-order valence-corrected chi connectivity index (χ1v) is 6.95. The van der Waals surface area contributed by atoms with Gasteiger partial charge in [-0.05, 0) is 30.4 Å². The lowest BCUT2D eigenvalue weighted by Gasteiger charge is -2.14. The molecule has 0 saturated carbocycles. The number of rotatable bonds is 4. The maximum Gasteiger partial charge on any atom is 0.265 e. The van der Waals surface area contributed by atoms with Crippen molar-refractivity contribution < 1.29 is 4.79 Å². The summed E-state index contributed by atoms with van der Waals surface area (Å²) in [6.45, 7) is 6.53. The van der Waals surface area contributed by atoms with E-state index in [-0.39, 0.29) is 11.8 Å². The van der Waals surface area contributed by atoms with E-state index >= 15 is 0 Å². The first-order chi connectivity index (χ1) is 8.68. The van der Waals surface area contributed by atoms with Gasteiger partial charge in [0.05, 0.1) is 5.69 Å². The van der Waals surface area contributed by atoms with Gasteiger partial charge in [0, 0.05) is 13.1 Å². The molecule has 6 heteroatoms. The summed E-state index contributed by atoms with van der Waals surface area (Å²) >= 11 is 1.17. The molecule has 1 aromatic rings. The molecule has 0 spiro atoms. The summed E-state index contributed by atoms with van der Waals surface area (Å²) in [5.41, 5.74) is 2.07. The summed E-state index contributed by atoms with van der Waals surface area (Å²) in [4.78, 5) is 12.7. The van der Waals surface area contributed by atoms with Crippen LogP contribution in [0, 0.1) is 0 Å². The fraction of sp³-hybridized carbons (Fsp3) is 0.583. The van der Waals surface area contributed by atoms with Crippen molar-refractivity contribution in [2.75, 3.05) is 19.6 Å². The molecule has 2 rings (SSSR count). The van der Waals surface area contributed by atoms with Crippen molar-refractivity contribution in [2.45, 2.75) is 26.2 Å². The number of hydrogen-bond donors (Lipinski definition) is 2. The van der Waals surface area contributed by atoms with Crippen LogP contribution in [-0.4, -0.2) is 35.1 Å². The molecule has 0 saturated heterocycles. The van der Waals surface area contributed by atoms with E-state index < -0.39 is 0 Å².